The Balaban J connectivity index is 0. The second kappa shape index (κ2) is 5.32. The summed E-state index contributed by atoms with van der Waals surface area (Å²) in [6.45, 7) is 3.30. The van der Waals surface area contributed by atoms with Gasteiger partial charge in [0.05, 0.1) is 6.67 Å². The molecule has 0 saturated carbocycles. The molecule has 8 heavy (non-hydrogen) atoms. The normalized spacial score (nSPS) is 16.5. The maximum Gasteiger partial charge on any atom is 0.0934 e. The highest BCUT2D eigenvalue weighted by Crippen LogP contribution is 1.98. The predicted molar refractivity (Wildman–Crippen MR) is 36.0 cm³/mol. The molecule has 0 aromatic rings. The molecule has 0 rings (SSSR count). The summed E-state index contributed by atoms with van der Waals surface area (Å²) in [4.78, 5) is 0. The summed E-state index contributed by atoms with van der Waals surface area (Å²) in [5.74, 6) is 0.0139. The summed E-state index contributed by atoms with van der Waals surface area (Å²) >= 11 is 0. The summed E-state index contributed by atoms with van der Waals surface area (Å²) < 4.78 is 11.6. The van der Waals surface area contributed by atoms with E-state index in [1.807, 2.05) is 6.92 Å². The van der Waals surface area contributed by atoms with Gasteiger partial charge in [-0.1, -0.05) is 6.92 Å². The number of alkyl halides is 1. The molecule has 0 heterocycles. The summed E-state index contributed by atoms with van der Waals surface area (Å²) in [7, 11) is 0. The molecule has 2 N–H and O–H groups in total. The Kier molecular flexibility index (Phi) is 7.34. The van der Waals surface area contributed by atoms with Crippen molar-refractivity contribution in [1.29, 1.82) is 0 Å². The van der Waals surface area contributed by atoms with Crippen molar-refractivity contribution in [3.63, 3.8) is 0 Å². The standard InChI is InChI=1S/C5H12FN.ClH/c1-4(3-6)5(2)7;/h4-5H,3,7H2,1-2H3;1H. The predicted octanol–water partition coefficient (Wildman–Crippen LogP) is 1.36. The van der Waals surface area contributed by atoms with E-state index >= 15 is 0 Å². The molecule has 0 aliphatic carbocycles. The average Bonchev–Trinajstić information content (AvgIpc) is 1.65. The van der Waals surface area contributed by atoms with Crippen molar-refractivity contribution in [2.45, 2.75) is 19.9 Å². The zero-order valence-corrected chi connectivity index (χ0v) is 6.04. The van der Waals surface area contributed by atoms with Crippen LogP contribution in [-0.2, 0) is 0 Å². The van der Waals surface area contributed by atoms with Gasteiger partial charge in [-0.3, -0.25) is 4.39 Å². The largest absolute Gasteiger partial charge is 0.328 e. The molecule has 0 aromatic heterocycles. The van der Waals surface area contributed by atoms with Gasteiger partial charge >= 0.3 is 0 Å². The minimum Gasteiger partial charge on any atom is -0.328 e. The van der Waals surface area contributed by atoms with Gasteiger partial charge in [0.2, 0.25) is 0 Å². The zero-order valence-electron chi connectivity index (χ0n) is 5.23. The monoisotopic (exact) mass is 141 g/mol. The number of halogens is 2. The Morgan fingerprint density at radius 2 is 1.88 bits per heavy atom. The molecule has 0 aliphatic rings. The maximum absolute atomic E-state index is 11.6. The van der Waals surface area contributed by atoms with E-state index in [0.717, 1.165) is 0 Å². The quantitative estimate of drug-likeness (QED) is 0.618. The number of hydrogen-bond donors (Lipinski definition) is 1. The van der Waals surface area contributed by atoms with Crippen LogP contribution in [0.25, 0.3) is 0 Å². The maximum atomic E-state index is 11.6. The molecular weight excluding hydrogens is 129 g/mol. The number of hydrogen-bond acceptors (Lipinski definition) is 1. The Morgan fingerprint density at radius 3 is 1.88 bits per heavy atom. The lowest BCUT2D eigenvalue weighted by molar-refractivity contribution is 0.346. The molecule has 0 spiro atoms. The smallest absolute Gasteiger partial charge is 0.0934 e. The molecule has 0 aromatic carbocycles. The molecule has 0 fully saturated rings. The molecule has 0 saturated heterocycles. The fourth-order valence-corrected chi connectivity index (χ4v) is 0.141. The van der Waals surface area contributed by atoms with E-state index in [2.05, 4.69) is 0 Å². The molecule has 0 amide bonds. The third kappa shape index (κ3) is 4.34. The van der Waals surface area contributed by atoms with Crippen LogP contribution in [0.1, 0.15) is 13.8 Å². The lowest BCUT2D eigenvalue weighted by Gasteiger charge is -2.08. The van der Waals surface area contributed by atoms with E-state index in [4.69, 9.17) is 5.73 Å². The van der Waals surface area contributed by atoms with Crippen LogP contribution in [0.3, 0.4) is 0 Å². The van der Waals surface area contributed by atoms with Gasteiger partial charge in [0.1, 0.15) is 0 Å². The fourth-order valence-electron chi connectivity index (χ4n) is 0.141. The molecule has 2 unspecified atom stereocenters. The van der Waals surface area contributed by atoms with E-state index in [9.17, 15) is 4.39 Å². The molecular formula is C5H13ClFN. The van der Waals surface area contributed by atoms with Gasteiger partial charge in [-0.05, 0) is 12.8 Å². The average molecular weight is 142 g/mol. The van der Waals surface area contributed by atoms with Crippen LogP contribution in [0.2, 0.25) is 0 Å². The molecule has 52 valence electrons. The van der Waals surface area contributed by atoms with Crippen molar-refractivity contribution < 1.29 is 4.39 Å². The Bertz CT molecular complexity index is 49.7. The topological polar surface area (TPSA) is 26.0 Å². The summed E-state index contributed by atoms with van der Waals surface area (Å²) in [5.41, 5.74) is 5.31. The van der Waals surface area contributed by atoms with Gasteiger partial charge in [0.25, 0.3) is 0 Å². The highest BCUT2D eigenvalue weighted by atomic mass is 35.5. The molecule has 0 aliphatic heterocycles. The first-order valence-electron chi connectivity index (χ1n) is 2.50. The van der Waals surface area contributed by atoms with Crippen molar-refractivity contribution in [2.75, 3.05) is 6.67 Å². The second-order valence-corrected chi connectivity index (χ2v) is 1.99. The van der Waals surface area contributed by atoms with Gasteiger partial charge < -0.3 is 5.73 Å². The van der Waals surface area contributed by atoms with E-state index in [-0.39, 0.29) is 31.0 Å². The Labute approximate surface area is 55.9 Å². The highest BCUT2D eigenvalue weighted by molar-refractivity contribution is 5.85. The van der Waals surface area contributed by atoms with Gasteiger partial charge in [0.15, 0.2) is 0 Å². The molecule has 3 heteroatoms. The van der Waals surface area contributed by atoms with E-state index < -0.39 is 0 Å². The van der Waals surface area contributed by atoms with Crippen LogP contribution in [0, 0.1) is 5.92 Å². The van der Waals surface area contributed by atoms with Crippen LogP contribution in [0.15, 0.2) is 0 Å². The van der Waals surface area contributed by atoms with Crippen LogP contribution in [-0.4, -0.2) is 12.7 Å². The third-order valence-electron chi connectivity index (χ3n) is 1.14. The minimum atomic E-state index is -0.308. The zero-order chi connectivity index (χ0) is 5.86. The minimum absolute atomic E-state index is 0. The van der Waals surface area contributed by atoms with Crippen LogP contribution >= 0.6 is 12.4 Å². The second-order valence-electron chi connectivity index (χ2n) is 1.99. The van der Waals surface area contributed by atoms with Crippen molar-refractivity contribution in [3.05, 3.63) is 0 Å². The van der Waals surface area contributed by atoms with Crippen molar-refractivity contribution in [2.24, 2.45) is 11.7 Å². The van der Waals surface area contributed by atoms with Crippen LogP contribution in [0.4, 0.5) is 4.39 Å². The fraction of sp³-hybridized carbons (Fsp3) is 1.00. The first-order valence-corrected chi connectivity index (χ1v) is 2.50. The van der Waals surface area contributed by atoms with Crippen molar-refractivity contribution in [3.8, 4) is 0 Å². The van der Waals surface area contributed by atoms with Gasteiger partial charge in [-0.15, -0.1) is 12.4 Å². The molecule has 0 bridgehead atoms. The van der Waals surface area contributed by atoms with Gasteiger partial charge in [0, 0.05) is 6.04 Å². The lowest BCUT2D eigenvalue weighted by Crippen LogP contribution is -2.25. The number of nitrogens with two attached hydrogens (primary N) is 1. The Hall–Kier alpha value is 0.180. The Morgan fingerprint density at radius 1 is 1.50 bits per heavy atom. The van der Waals surface area contributed by atoms with Crippen molar-refractivity contribution in [1.82, 2.24) is 0 Å². The van der Waals surface area contributed by atoms with E-state index in [1.165, 1.54) is 0 Å². The van der Waals surface area contributed by atoms with Gasteiger partial charge in [-0.2, -0.15) is 0 Å². The van der Waals surface area contributed by atoms with Gasteiger partial charge in [-0.25, -0.2) is 0 Å². The molecule has 1 nitrogen and oxygen atoms in total. The number of rotatable bonds is 2. The van der Waals surface area contributed by atoms with E-state index in [0.29, 0.717) is 0 Å². The highest BCUT2D eigenvalue weighted by Gasteiger charge is 2.04. The first kappa shape index (κ1) is 11.0. The molecule has 2 atom stereocenters. The summed E-state index contributed by atoms with van der Waals surface area (Å²) in [5, 5.41) is 0. The first-order chi connectivity index (χ1) is 3.18. The molecule has 0 radical (unpaired) electrons. The van der Waals surface area contributed by atoms with Crippen LogP contribution in [0.5, 0.6) is 0 Å². The SMILES string of the molecule is CC(N)C(C)CF.Cl. The summed E-state index contributed by atoms with van der Waals surface area (Å²) in [6.07, 6.45) is 0. The third-order valence-corrected chi connectivity index (χ3v) is 1.14. The summed E-state index contributed by atoms with van der Waals surface area (Å²) in [6, 6.07) is -0.00926. The lowest BCUT2D eigenvalue weighted by atomic mass is 10.1. The van der Waals surface area contributed by atoms with E-state index in [1.54, 1.807) is 6.92 Å². The van der Waals surface area contributed by atoms with Crippen molar-refractivity contribution >= 4 is 12.4 Å². The van der Waals surface area contributed by atoms with Crippen LogP contribution < -0.4 is 5.73 Å².